The summed E-state index contributed by atoms with van der Waals surface area (Å²) in [5.74, 6) is -2.58. The minimum atomic E-state index is -0.769. The molecule has 1 amide bonds. The molecule has 2 aromatic carbocycles. The van der Waals surface area contributed by atoms with Gasteiger partial charge in [-0.05, 0) is 24.3 Å². The van der Waals surface area contributed by atoms with Crippen LogP contribution >= 0.6 is 11.6 Å². The molecule has 21 heavy (non-hydrogen) atoms. The lowest BCUT2D eigenvalue weighted by molar-refractivity contribution is -0.118. The molecule has 0 atom stereocenters. The second kappa shape index (κ2) is 6.49. The van der Waals surface area contributed by atoms with Gasteiger partial charge in [0.25, 0.3) is 5.91 Å². The third-order valence-corrected chi connectivity index (χ3v) is 2.75. The van der Waals surface area contributed by atoms with E-state index in [1.807, 2.05) is 0 Å². The maximum atomic E-state index is 13.3. The van der Waals surface area contributed by atoms with Gasteiger partial charge in [0.05, 0.1) is 10.7 Å². The van der Waals surface area contributed by atoms with E-state index < -0.39 is 30.0 Å². The average molecular weight is 316 g/mol. The van der Waals surface area contributed by atoms with E-state index in [0.29, 0.717) is 0 Å². The van der Waals surface area contributed by atoms with E-state index in [1.54, 1.807) is 0 Å². The molecule has 0 aromatic heterocycles. The number of benzene rings is 2. The summed E-state index contributed by atoms with van der Waals surface area (Å²) in [4.78, 5) is 11.6. The van der Waals surface area contributed by atoms with Crippen molar-refractivity contribution >= 4 is 23.2 Å². The second-order valence-corrected chi connectivity index (χ2v) is 4.44. The highest BCUT2D eigenvalue weighted by Gasteiger charge is 2.09. The van der Waals surface area contributed by atoms with Crippen LogP contribution in [0.3, 0.4) is 0 Å². The van der Waals surface area contributed by atoms with E-state index in [1.165, 1.54) is 12.1 Å². The Bertz CT molecular complexity index is 679. The van der Waals surface area contributed by atoms with Crippen LogP contribution in [0.1, 0.15) is 0 Å². The maximum absolute atomic E-state index is 13.3. The van der Waals surface area contributed by atoms with Crippen molar-refractivity contribution in [2.24, 2.45) is 0 Å². The van der Waals surface area contributed by atoms with Crippen molar-refractivity contribution in [3.05, 3.63) is 58.9 Å². The fraction of sp³-hybridized carbons (Fsp3) is 0.0714. The van der Waals surface area contributed by atoms with E-state index in [4.69, 9.17) is 16.3 Å². The first-order valence-electron chi connectivity index (χ1n) is 5.78. The van der Waals surface area contributed by atoms with Gasteiger partial charge in [-0.2, -0.15) is 0 Å². The SMILES string of the molecule is O=C(COc1ccc(F)c(Cl)c1)Nc1cc(F)ccc1F. The smallest absolute Gasteiger partial charge is 0.262 e. The number of nitrogens with one attached hydrogen (secondary N) is 1. The zero-order valence-electron chi connectivity index (χ0n) is 10.5. The lowest BCUT2D eigenvalue weighted by Gasteiger charge is -2.08. The second-order valence-electron chi connectivity index (χ2n) is 4.04. The lowest BCUT2D eigenvalue weighted by atomic mass is 10.3. The fourth-order valence-corrected chi connectivity index (χ4v) is 1.67. The van der Waals surface area contributed by atoms with Gasteiger partial charge >= 0.3 is 0 Å². The molecule has 0 bridgehead atoms. The van der Waals surface area contributed by atoms with Crippen LogP contribution in [-0.4, -0.2) is 12.5 Å². The van der Waals surface area contributed by atoms with E-state index in [0.717, 1.165) is 24.3 Å². The van der Waals surface area contributed by atoms with Crippen LogP contribution in [-0.2, 0) is 4.79 Å². The van der Waals surface area contributed by atoms with Crippen molar-refractivity contribution in [3.63, 3.8) is 0 Å². The molecule has 3 nitrogen and oxygen atoms in total. The van der Waals surface area contributed by atoms with Crippen LogP contribution in [0.2, 0.25) is 5.02 Å². The number of halogens is 4. The molecule has 7 heteroatoms. The monoisotopic (exact) mass is 315 g/mol. The minimum absolute atomic E-state index is 0.149. The van der Waals surface area contributed by atoms with Gasteiger partial charge < -0.3 is 10.1 Å². The van der Waals surface area contributed by atoms with E-state index in [-0.39, 0.29) is 16.5 Å². The Morgan fingerprint density at radius 3 is 2.52 bits per heavy atom. The van der Waals surface area contributed by atoms with Gasteiger partial charge in [-0.3, -0.25) is 4.79 Å². The van der Waals surface area contributed by atoms with Crippen molar-refractivity contribution in [1.82, 2.24) is 0 Å². The topological polar surface area (TPSA) is 38.3 Å². The number of carbonyl (C=O) groups excluding carboxylic acids is 1. The molecular weight excluding hydrogens is 307 g/mol. The number of carbonyl (C=O) groups is 1. The molecule has 2 rings (SSSR count). The summed E-state index contributed by atoms with van der Waals surface area (Å²) in [6.45, 7) is -0.460. The molecule has 0 radical (unpaired) electrons. The van der Waals surface area contributed by atoms with Gasteiger partial charge in [0.1, 0.15) is 23.2 Å². The highest BCUT2D eigenvalue weighted by molar-refractivity contribution is 6.30. The first-order valence-corrected chi connectivity index (χ1v) is 6.16. The van der Waals surface area contributed by atoms with Gasteiger partial charge in [-0.25, -0.2) is 13.2 Å². The highest BCUT2D eigenvalue weighted by Crippen LogP contribution is 2.21. The van der Waals surface area contributed by atoms with E-state index in [2.05, 4.69) is 5.32 Å². The zero-order chi connectivity index (χ0) is 15.4. The van der Waals surface area contributed by atoms with Crippen LogP contribution in [0.15, 0.2) is 36.4 Å². The Kier molecular flexibility index (Phi) is 4.70. The quantitative estimate of drug-likeness (QED) is 0.932. The average Bonchev–Trinajstić information content (AvgIpc) is 2.44. The van der Waals surface area contributed by atoms with Gasteiger partial charge in [0.15, 0.2) is 6.61 Å². The normalized spacial score (nSPS) is 10.3. The molecule has 0 aliphatic heterocycles. The van der Waals surface area contributed by atoms with Crippen molar-refractivity contribution < 1.29 is 22.7 Å². The minimum Gasteiger partial charge on any atom is -0.484 e. The summed E-state index contributed by atoms with van der Waals surface area (Å²) in [5, 5.41) is 2.01. The molecule has 0 fully saturated rings. The van der Waals surface area contributed by atoms with E-state index in [9.17, 15) is 18.0 Å². The molecule has 0 saturated carbocycles. The van der Waals surface area contributed by atoms with Crippen molar-refractivity contribution in [2.45, 2.75) is 0 Å². The molecule has 0 unspecified atom stereocenters. The number of hydrogen-bond donors (Lipinski definition) is 1. The summed E-state index contributed by atoms with van der Waals surface area (Å²) in [7, 11) is 0. The lowest BCUT2D eigenvalue weighted by Crippen LogP contribution is -2.20. The number of amides is 1. The maximum Gasteiger partial charge on any atom is 0.262 e. The largest absolute Gasteiger partial charge is 0.484 e. The number of rotatable bonds is 4. The molecule has 0 saturated heterocycles. The Hall–Kier alpha value is -2.21. The standard InChI is InChI=1S/C14H9ClF3NO2/c15-10-6-9(2-4-11(10)17)21-7-14(20)19-13-5-8(16)1-3-12(13)18/h1-6H,7H2,(H,19,20). The first kappa shape index (κ1) is 15.2. The van der Waals surface area contributed by atoms with Gasteiger partial charge in [-0.15, -0.1) is 0 Å². The molecule has 0 aliphatic carbocycles. The van der Waals surface area contributed by atoms with Crippen LogP contribution < -0.4 is 10.1 Å². The number of anilines is 1. The number of ether oxygens (including phenoxy) is 1. The van der Waals surface area contributed by atoms with Crippen molar-refractivity contribution in [3.8, 4) is 5.75 Å². The van der Waals surface area contributed by atoms with Crippen molar-refractivity contribution in [2.75, 3.05) is 11.9 Å². The van der Waals surface area contributed by atoms with E-state index >= 15 is 0 Å². The first-order chi connectivity index (χ1) is 9.95. The molecule has 2 aromatic rings. The molecule has 0 heterocycles. The van der Waals surface area contributed by atoms with Gasteiger partial charge in [0, 0.05) is 12.1 Å². The Labute approximate surface area is 123 Å². The van der Waals surface area contributed by atoms with Gasteiger partial charge in [-0.1, -0.05) is 11.6 Å². The fourth-order valence-electron chi connectivity index (χ4n) is 1.50. The third-order valence-electron chi connectivity index (χ3n) is 2.46. The van der Waals surface area contributed by atoms with Gasteiger partial charge in [0.2, 0.25) is 0 Å². The Morgan fingerprint density at radius 2 is 1.81 bits per heavy atom. The predicted molar refractivity (Wildman–Crippen MR) is 71.9 cm³/mol. The molecular formula is C14H9ClF3NO2. The van der Waals surface area contributed by atoms with Crippen LogP contribution in [0.4, 0.5) is 18.9 Å². The summed E-state index contributed by atoms with van der Waals surface area (Å²) in [6.07, 6.45) is 0. The molecule has 110 valence electrons. The Balaban J connectivity index is 1.95. The van der Waals surface area contributed by atoms with Crippen molar-refractivity contribution in [1.29, 1.82) is 0 Å². The third kappa shape index (κ3) is 4.13. The summed E-state index contributed by atoms with van der Waals surface area (Å²) in [6, 6.07) is 6.25. The summed E-state index contributed by atoms with van der Waals surface area (Å²) in [5.41, 5.74) is -0.291. The predicted octanol–water partition coefficient (Wildman–Crippen LogP) is 3.77. The Morgan fingerprint density at radius 1 is 1.10 bits per heavy atom. The summed E-state index contributed by atoms with van der Waals surface area (Å²) >= 11 is 5.55. The number of hydrogen-bond acceptors (Lipinski definition) is 2. The summed E-state index contributed by atoms with van der Waals surface area (Å²) < 4.78 is 44.2. The van der Waals surface area contributed by atoms with Crippen LogP contribution in [0.25, 0.3) is 0 Å². The zero-order valence-corrected chi connectivity index (χ0v) is 11.3. The van der Waals surface area contributed by atoms with Crippen LogP contribution in [0, 0.1) is 17.5 Å². The molecule has 0 spiro atoms. The van der Waals surface area contributed by atoms with Crippen LogP contribution in [0.5, 0.6) is 5.75 Å². The molecule has 1 N–H and O–H groups in total. The molecule has 0 aliphatic rings. The highest BCUT2D eigenvalue weighted by atomic mass is 35.5.